The molecule has 0 aliphatic carbocycles. The van der Waals surface area contributed by atoms with Gasteiger partial charge in [0.2, 0.25) is 5.91 Å². The van der Waals surface area contributed by atoms with Crippen LogP contribution in [0.3, 0.4) is 0 Å². The molecule has 2 aromatic carbocycles. The third kappa shape index (κ3) is 3.95. The minimum atomic E-state index is -0.651. The van der Waals surface area contributed by atoms with Crippen LogP contribution in [0, 0.1) is 0 Å². The molecule has 0 aromatic heterocycles. The Labute approximate surface area is 193 Å². The van der Waals surface area contributed by atoms with Crippen molar-refractivity contribution in [2.75, 3.05) is 50.1 Å². The number of benzene rings is 2. The number of amides is 2. The highest BCUT2D eigenvalue weighted by Gasteiger charge is 2.55. The summed E-state index contributed by atoms with van der Waals surface area (Å²) in [6.07, 6.45) is 2.73. The van der Waals surface area contributed by atoms with Crippen molar-refractivity contribution < 1.29 is 24.2 Å². The fourth-order valence-corrected chi connectivity index (χ4v) is 5.24. The van der Waals surface area contributed by atoms with Gasteiger partial charge in [-0.15, -0.1) is 0 Å². The second-order valence-corrected chi connectivity index (χ2v) is 8.50. The number of ether oxygens (including phenoxy) is 1. The van der Waals surface area contributed by atoms with E-state index < -0.39 is 5.41 Å². The number of carbonyl (C=O) groups excluding carboxylic acids is 2. The van der Waals surface area contributed by atoms with Gasteiger partial charge in [-0.3, -0.25) is 14.4 Å². The van der Waals surface area contributed by atoms with E-state index in [1.54, 1.807) is 7.11 Å². The molecule has 1 spiro atoms. The molecule has 8 nitrogen and oxygen atoms in total. The third-order valence-electron chi connectivity index (χ3n) is 6.75. The van der Waals surface area contributed by atoms with Crippen LogP contribution < -0.4 is 10.2 Å². The van der Waals surface area contributed by atoms with Crippen LogP contribution in [0.4, 0.5) is 11.4 Å². The number of fused-ring (bicyclic) bond motifs is 3. The van der Waals surface area contributed by atoms with Crippen LogP contribution in [0.1, 0.15) is 34.3 Å². The lowest BCUT2D eigenvalue weighted by Crippen LogP contribution is -2.44. The SMILES string of the molecule is COCCN1C(=O)C2(CCN(C(=O)c3cccc4c3NCCC4)C2)c2ccccc21.O=CO. The monoisotopic (exact) mass is 451 g/mol. The first-order chi connectivity index (χ1) is 16.1. The molecule has 3 aliphatic rings. The van der Waals surface area contributed by atoms with E-state index in [9.17, 15) is 9.59 Å². The highest BCUT2D eigenvalue weighted by atomic mass is 16.5. The first-order valence-corrected chi connectivity index (χ1v) is 11.2. The van der Waals surface area contributed by atoms with Gasteiger partial charge < -0.3 is 25.0 Å². The first kappa shape index (κ1) is 22.8. The molecule has 2 N–H and O–H groups in total. The van der Waals surface area contributed by atoms with Crippen molar-refractivity contribution in [3.63, 3.8) is 0 Å². The molecule has 174 valence electrons. The summed E-state index contributed by atoms with van der Waals surface area (Å²) in [6.45, 7) is 2.66. The maximum Gasteiger partial charge on any atom is 0.290 e. The predicted octanol–water partition coefficient (Wildman–Crippen LogP) is 2.52. The van der Waals surface area contributed by atoms with E-state index in [2.05, 4.69) is 11.4 Å². The molecule has 0 bridgehead atoms. The number of carbonyl (C=O) groups is 3. The van der Waals surface area contributed by atoms with Gasteiger partial charge in [0.1, 0.15) is 0 Å². The minimum absolute atomic E-state index is 0.0127. The van der Waals surface area contributed by atoms with Crippen LogP contribution >= 0.6 is 0 Å². The number of likely N-dealkylation sites (tertiary alicyclic amines) is 1. The Kier molecular flexibility index (Phi) is 6.65. The zero-order valence-electron chi connectivity index (χ0n) is 18.8. The Hall–Kier alpha value is -3.39. The molecular formula is C25H29N3O5. The lowest BCUT2D eigenvalue weighted by Gasteiger charge is -2.26. The van der Waals surface area contributed by atoms with E-state index in [0.717, 1.165) is 41.9 Å². The number of methoxy groups -OCH3 is 1. The van der Waals surface area contributed by atoms with E-state index >= 15 is 0 Å². The van der Waals surface area contributed by atoms with Gasteiger partial charge in [0.25, 0.3) is 12.4 Å². The Morgan fingerprint density at radius 1 is 1.24 bits per heavy atom. The molecule has 2 amide bonds. The quantitative estimate of drug-likeness (QED) is 0.693. The van der Waals surface area contributed by atoms with Crippen molar-refractivity contribution in [2.24, 2.45) is 0 Å². The normalized spacial score (nSPS) is 20.6. The highest BCUT2D eigenvalue weighted by molar-refractivity contribution is 6.09. The Balaban J connectivity index is 0.000000821. The van der Waals surface area contributed by atoms with Crippen LogP contribution in [0.25, 0.3) is 0 Å². The number of aryl methyl sites for hydroxylation is 1. The van der Waals surface area contributed by atoms with Crippen LogP contribution in [0.15, 0.2) is 42.5 Å². The molecule has 33 heavy (non-hydrogen) atoms. The van der Waals surface area contributed by atoms with E-state index in [-0.39, 0.29) is 18.3 Å². The lowest BCUT2D eigenvalue weighted by atomic mass is 9.81. The van der Waals surface area contributed by atoms with Gasteiger partial charge in [0.05, 0.1) is 23.3 Å². The second kappa shape index (κ2) is 9.62. The number of nitrogens with one attached hydrogen (secondary N) is 1. The summed E-state index contributed by atoms with van der Waals surface area (Å²) in [4.78, 5) is 39.1. The van der Waals surface area contributed by atoms with E-state index in [0.29, 0.717) is 32.7 Å². The summed E-state index contributed by atoms with van der Waals surface area (Å²) >= 11 is 0. The predicted molar refractivity (Wildman–Crippen MR) is 125 cm³/mol. The molecule has 1 unspecified atom stereocenters. The topological polar surface area (TPSA) is 99.2 Å². The Bertz CT molecular complexity index is 1060. The molecule has 2 aromatic rings. The molecule has 1 fully saturated rings. The molecule has 5 rings (SSSR count). The van der Waals surface area contributed by atoms with Crippen LogP contribution in [0.5, 0.6) is 0 Å². The van der Waals surface area contributed by atoms with E-state index in [1.807, 2.05) is 46.2 Å². The zero-order valence-corrected chi connectivity index (χ0v) is 18.8. The van der Waals surface area contributed by atoms with Crippen molar-refractivity contribution in [1.29, 1.82) is 0 Å². The number of nitrogens with zero attached hydrogens (tertiary/aromatic N) is 2. The fraction of sp³-hybridized carbons (Fsp3) is 0.400. The number of para-hydroxylation sites is 2. The number of hydrogen-bond acceptors (Lipinski definition) is 5. The molecule has 1 saturated heterocycles. The largest absolute Gasteiger partial charge is 0.483 e. The molecule has 1 atom stereocenters. The third-order valence-corrected chi connectivity index (χ3v) is 6.75. The molecule has 0 saturated carbocycles. The summed E-state index contributed by atoms with van der Waals surface area (Å²) in [5.41, 5.74) is 4.23. The first-order valence-electron chi connectivity index (χ1n) is 11.2. The number of carboxylic acid groups (broad SMARTS) is 1. The summed E-state index contributed by atoms with van der Waals surface area (Å²) < 4.78 is 5.22. The summed E-state index contributed by atoms with van der Waals surface area (Å²) in [7, 11) is 1.65. The Morgan fingerprint density at radius 2 is 2.03 bits per heavy atom. The van der Waals surface area contributed by atoms with Gasteiger partial charge in [-0.05, 0) is 42.5 Å². The van der Waals surface area contributed by atoms with Crippen LogP contribution in [-0.2, 0) is 26.2 Å². The van der Waals surface area contributed by atoms with Crippen molar-refractivity contribution in [1.82, 2.24) is 4.90 Å². The molecular weight excluding hydrogens is 422 g/mol. The van der Waals surface area contributed by atoms with Gasteiger partial charge in [0.15, 0.2) is 0 Å². The number of hydrogen-bond donors (Lipinski definition) is 2. The van der Waals surface area contributed by atoms with Crippen molar-refractivity contribution in [3.8, 4) is 0 Å². The summed E-state index contributed by atoms with van der Waals surface area (Å²) in [5, 5.41) is 10.3. The highest BCUT2D eigenvalue weighted by Crippen LogP contribution is 2.47. The lowest BCUT2D eigenvalue weighted by molar-refractivity contribution is -0.123. The zero-order chi connectivity index (χ0) is 23.4. The van der Waals surface area contributed by atoms with Crippen LogP contribution in [0.2, 0.25) is 0 Å². The Morgan fingerprint density at radius 3 is 2.82 bits per heavy atom. The van der Waals surface area contributed by atoms with Gasteiger partial charge in [0, 0.05) is 39.0 Å². The van der Waals surface area contributed by atoms with Gasteiger partial charge in [-0.25, -0.2) is 0 Å². The fourth-order valence-electron chi connectivity index (χ4n) is 5.24. The standard InChI is InChI=1S/C24H27N3O3.CH2O2/c1-30-15-14-27-20-10-3-2-9-19(20)24(23(27)29)11-13-26(16-24)22(28)18-8-4-6-17-7-5-12-25-21(17)18;2-1-3/h2-4,6,8-10,25H,5,7,11-16H2,1H3;1H,(H,2,3). The number of anilines is 2. The molecule has 3 aliphatic heterocycles. The average molecular weight is 452 g/mol. The van der Waals surface area contributed by atoms with Crippen molar-refractivity contribution in [2.45, 2.75) is 24.7 Å². The van der Waals surface area contributed by atoms with E-state index in [1.165, 1.54) is 5.56 Å². The van der Waals surface area contributed by atoms with Gasteiger partial charge in [-0.2, -0.15) is 0 Å². The summed E-state index contributed by atoms with van der Waals surface area (Å²) in [6, 6.07) is 13.9. The van der Waals surface area contributed by atoms with Gasteiger partial charge >= 0.3 is 0 Å². The van der Waals surface area contributed by atoms with Crippen LogP contribution in [-0.4, -0.2) is 68.2 Å². The average Bonchev–Trinajstić information content (AvgIpc) is 3.39. The molecule has 8 heteroatoms. The minimum Gasteiger partial charge on any atom is -0.483 e. The molecule has 3 heterocycles. The smallest absolute Gasteiger partial charge is 0.290 e. The number of rotatable bonds is 4. The van der Waals surface area contributed by atoms with Gasteiger partial charge in [-0.1, -0.05) is 30.3 Å². The molecule has 0 radical (unpaired) electrons. The van der Waals surface area contributed by atoms with E-state index in [4.69, 9.17) is 14.6 Å². The summed E-state index contributed by atoms with van der Waals surface area (Å²) in [5.74, 6) is 0.100. The maximum atomic E-state index is 13.5. The maximum absolute atomic E-state index is 13.5. The van der Waals surface area contributed by atoms with Crippen molar-refractivity contribution >= 4 is 29.7 Å². The second-order valence-electron chi connectivity index (χ2n) is 8.50. The van der Waals surface area contributed by atoms with Crippen molar-refractivity contribution in [3.05, 3.63) is 59.2 Å².